The summed E-state index contributed by atoms with van der Waals surface area (Å²) in [5.74, 6) is 0. The third kappa shape index (κ3) is 1.40. The molecule has 0 amide bonds. The lowest BCUT2D eigenvalue weighted by molar-refractivity contribution is 0.0704. The highest BCUT2D eigenvalue weighted by molar-refractivity contribution is 7.80. The zero-order chi connectivity index (χ0) is 9.47. The van der Waals surface area contributed by atoms with E-state index in [1.54, 1.807) is 0 Å². The molecule has 3 atom stereocenters. The van der Waals surface area contributed by atoms with E-state index in [1.165, 1.54) is 0 Å². The van der Waals surface area contributed by atoms with Gasteiger partial charge in [-0.15, -0.1) is 12.6 Å². The summed E-state index contributed by atoms with van der Waals surface area (Å²) in [6.07, 6.45) is 2.33. The first-order valence-electron chi connectivity index (χ1n) is 4.97. The van der Waals surface area contributed by atoms with Gasteiger partial charge in [-0.25, -0.2) is 0 Å². The van der Waals surface area contributed by atoms with Crippen LogP contribution in [0, 0.1) is 5.41 Å². The third-order valence-corrected chi connectivity index (χ3v) is 4.18. The first-order chi connectivity index (χ1) is 6.17. The third-order valence-electron chi connectivity index (χ3n) is 3.54. The Morgan fingerprint density at radius 1 is 1.46 bits per heavy atom. The second kappa shape index (κ2) is 3.42. The van der Waals surface area contributed by atoms with Crippen molar-refractivity contribution in [1.82, 2.24) is 5.32 Å². The van der Waals surface area contributed by atoms with E-state index in [0.29, 0.717) is 0 Å². The van der Waals surface area contributed by atoms with E-state index in [0.717, 1.165) is 25.9 Å². The van der Waals surface area contributed by atoms with E-state index < -0.39 is 0 Å². The van der Waals surface area contributed by atoms with Gasteiger partial charge in [0.15, 0.2) is 0 Å². The molecule has 0 aromatic carbocycles. The van der Waals surface area contributed by atoms with Crippen molar-refractivity contribution >= 4 is 12.6 Å². The molecule has 0 saturated carbocycles. The molecule has 3 nitrogen and oxygen atoms in total. The van der Waals surface area contributed by atoms with Crippen LogP contribution in [0.25, 0.3) is 0 Å². The summed E-state index contributed by atoms with van der Waals surface area (Å²) in [7, 11) is 0. The molecule has 2 saturated heterocycles. The van der Waals surface area contributed by atoms with E-state index in [4.69, 9.17) is 10.5 Å². The Hall–Kier alpha value is 0.230. The van der Waals surface area contributed by atoms with E-state index in [2.05, 4.69) is 17.9 Å². The number of ether oxygens (including phenoxy) is 1. The molecule has 4 heteroatoms. The molecule has 2 aliphatic rings. The summed E-state index contributed by atoms with van der Waals surface area (Å²) in [5, 5.41) is 3.35. The molecule has 13 heavy (non-hydrogen) atoms. The molecule has 2 heterocycles. The summed E-state index contributed by atoms with van der Waals surface area (Å²) in [6, 6.07) is 0.150. The maximum Gasteiger partial charge on any atom is 0.108 e. The lowest BCUT2D eigenvalue weighted by atomic mass is 9.74. The summed E-state index contributed by atoms with van der Waals surface area (Å²) in [5.41, 5.74) is 6.32. The normalized spacial score (nSPS) is 44.1. The van der Waals surface area contributed by atoms with Crippen LogP contribution in [-0.4, -0.2) is 30.7 Å². The molecule has 0 bridgehead atoms. The summed E-state index contributed by atoms with van der Waals surface area (Å²) in [4.78, 5) is 0. The second-order valence-corrected chi connectivity index (χ2v) is 4.67. The minimum absolute atomic E-state index is 0.0274. The van der Waals surface area contributed by atoms with Gasteiger partial charge in [-0.1, -0.05) is 0 Å². The van der Waals surface area contributed by atoms with E-state index >= 15 is 0 Å². The molecule has 2 fully saturated rings. The second-order valence-electron chi connectivity index (χ2n) is 4.20. The Balaban J connectivity index is 2.18. The molecule has 2 rings (SSSR count). The minimum atomic E-state index is 0.0274. The fourth-order valence-corrected chi connectivity index (χ4v) is 3.15. The van der Waals surface area contributed by atoms with Gasteiger partial charge < -0.3 is 15.8 Å². The molecular formula is C9H18N2OS. The minimum Gasteiger partial charge on any atom is -0.363 e. The van der Waals surface area contributed by atoms with Gasteiger partial charge in [-0.2, -0.15) is 0 Å². The summed E-state index contributed by atoms with van der Waals surface area (Å²) < 4.78 is 5.68. The van der Waals surface area contributed by atoms with Crippen LogP contribution in [0.1, 0.15) is 19.8 Å². The SMILES string of the molecule is C[C@@H]1OC(S)C2(CCNCC2)[C@@H]1N. The van der Waals surface area contributed by atoms with Crippen LogP contribution in [0.3, 0.4) is 0 Å². The largest absolute Gasteiger partial charge is 0.363 e. The highest BCUT2D eigenvalue weighted by Crippen LogP contribution is 2.45. The number of hydrogen-bond donors (Lipinski definition) is 3. The Morgan fingerprint density at radius 2 is 2.08 bits per heavy atom. The van der Waals surface area contributed by atoms with E-state index in [-0.39, 0.29) is 23.0 Å². The van der Waals surface area contributed by atoms with Gasteiger partial charge in [0.05, 0.1) is 6.10 Å². The van der Waals surface area contributed by atoms with Gasteiger partial charge in [0, 0.05) is 11.5 Å². The van der Waals surface area contributed by atoms with Gasteiger partial charge in [-0.3, -0.25) is 0 Å². The van der Waals surface area contributed by atoms with Crippen LogP contribution in [0.5, 0.6) is 0 Å². The maximum absolute atomic E-state index is 6.18. The highest BCUT2D eigenvalue weighted by Gasteiger charge is 2.51. The smallest absolute Gasteiger partial charge is 0.108 e. The van der Waals surface area contributed by atoms with Crippen LogP contribution in [0.2, 0.25) is 0 Å². The standard InChI is InChI=1S/C9H18N2OS/c1-6-7(10)9(8(13)12-6)2-4-11-5-3-9/h6-8,11,13H,2-5,10H2,1H3/t6-,7+,8?/m0/s1. The fourth-order valence-electron chi connectivity index (χ4n) is 2.53. The van der Waals surface area contributed by atoms with Crippen molar-refractivity contribution in [3.63, 3.8) is 0 Å². The van der Waals surface area contributed by atoms with Crippen molar-refractivity contribution in [2.45, 2.75) is 37.3 Å². The lowest BCUT2D eigenvalue weighted by Gasteiger charge is -2.39. The molecule has 1 unspecified atom stereocenters. The highest BCUT2D eigenvalue weighted by atomic mass is 32.1. The van der Waals surface area contributed by atoms with Gasteiger partial charge in [0.2, 0.25) is 0 Å². The number of piperidine rings is 1. The number of nitrogens with two attached hydrogens (primary N) is 1. The van der Waals surface area contributed by atoms with Gasteiger partial charge >= 0.3 is 0 Å². The Morgan fingerprint density at radius 3 is 2.54 bits per heavy atom. The Labute approximate surface area is 84.8 Å². The van der Waals surface area contributed by atoms with E-state index in [1.807, 2.05) is 6.92 Å². The number of rotatable bonds is 0. The first kappa shape index (κ1) is 9.77. The predicted molar refractivity (Wildman–Crippen MR) is 55.8 cm³/mol. The van der Waals surface area contributed by atoms with Crippen molar-refractivity contribution in [3.05, 3.63) is 0 Å². The summed E-state index contributed by atoms with van der Waals surface area (Å²) >= 11 is 4.51. The first-order valence-corrected chi connectivity index (χ1v) is 5.48. The summed E-state index contributed by atoms with van der Waals surface area (Å²) in [6.45, 7) is 4.13. The monoisotopic (exact) mass is 202 g/mol. The Bertz CT molecular complexity index is 194. The van der Waals surface area contributed by atoms with Gasteiger partial charge in [0.25, 0.3) is 0 Å². The van der Waals surface area contributed by atoms with Crippen LogP contribution in [0.15, 0.2) is 0 Å². The molecule has 0 aromatic heterocycles. The molecule has 3 N–H and O–H groups in total. The lowest BCUT2D eigenvalue weighted by Crippen LogP contribution is -2.51. The Kier molecular flexibility index (Phi) is 2.57. The van der Waals surface area contributed by atoms with Crippen molar-refractivity contribution in [3.8, 4) is 0 Å². The zero-order valence-corrected chi connectivity index (χ0v) is 8.89. The van der Waals surface area contributed by atoms with Crippen molar-refractivity contribution in [2.75, 3.05) is 13.1 Å². The number of thiol groups is 1. The average Bonchev–Trinajstić information content (AvgIpc) is 2.34. The van der Waals surface area contributed by atoms with Crippen LogP contribution in [-0.2, 0) is 4.74 Å². The molecule has 0 radical (unpaired) electrons. The number of nitrogens with one attached hydrogen (secondary N) is 1. The van der Waals surface area contributed by atoms with Crippen molar-refractivity contribution in [1.29, 1.82) is 0 Å². The van der Waals surface area contributed by atoms with Crippen LogP contribution >= 0.6 is 12.6 Å². The topological polar surface area (TPSA) is 47.3 Å². The predicted octanol–water partition coefficient (Wildman–Crippen LogP) is 0.358. The average molecular weight is 202 g/mol. The van der Waals surface area contributed by atoms with Crippen LogP contribution in [0.4, 0.5) is 0 Å². The fraction of sp³-hybridized carbons (Fsp3) is 1.00. The van der Waals surface area contributed by atoms with Gasteiger partial charge in [-0.05, 0) is 32.9 Å². The zero-order valence-electron chi connectivity index (χ0n) is 7.99. The molecular weight excluding hydrogens is 184 g/mol. The molecule has 0 aliphatic carbocycles. The molecule has 2 aliphatic heterocycles. The molecule has 76 valence electrons. The maximum atomic E-state index is 6.18. The quantitative estimate of drug-likeness (QED) is 0.497. The van der Waals surface area contributed by atoms with E-state index in [9.17, 15) is 0 Å². The van der Waals surface area contributed by atoms with Gasteiger partial charge in [0.1, 0.15) is 5.44 Å². The van der Waals surface area contributed by atoms with Crippen molar-refractivity contribution in [2.24, 2.45) is 11.1 Å². The van der Waals surface area contributed by atoms with Crippen LogP contribution < -0.4 is 11.1 Å². The molecule has 0 aromatic rings. The number of hydrogen-bond acceptors (Lipinski definition) is 4. The van der Waals surface area contributed by atoms with Crippen molar-refractivity contribution < 1.29 is 4.74 Å². The molecule has 1 spiro atoms.